The summed E-state index contributed by atoms with van der Waals surface area (Å²) in [4.78, 5) is 14.8. The number of carboxylic acid groups (broad SMARTS) is 1. The molecule has 1 unspecified atom stereocenters. The van der Waals surface area contributed by atoms with Crippen molar-refractivity contribution < 1.29 is 14.3 Å². The molecule has 5 heteroatoms. The van der Waals surface area contributed by atoms with Gasteiger partial charge in [-0.15, -0.1) is 0 Å². The number of anilines is 1. The molecule has 0 spiro atoms. The first-order valence-electron chi connectivity index (χ1n) is 6.25. The van der Waals surface area contributed by atoms with E-state index in [1.165, 1.54) is 24.4 Å². The standard InChI is InChI=1S/C15H15FN2O2/c1-10(8-11-2-5-13(16)6-3-11)18-14-7-4-12(9-17-14)15(19)20/h2-7,9-10H,8H2,1H3,(H,17,18)(H,19,20). The minimum atomic E-state index is -0.997. The van der Waals surface area contributed by atoms with Gasteiger partial charge in [-0.05, 0) is 43.2 Å². The van der Waals surface area contributed by atoms with Gasteiger partial charge in [0.05, 0.1) is 5.56 Å². The summed E-state index contributed by atoms with van der Waals surface area (Å²) in [6.07, 6.45) is 2.04. The Bertz CT molecular complexity index is 582. The van der Waals surface area contributed by atoms with E-state index in [0.29, 0.717) is 5.82 Å². The van der Waals surface area contributed by atoms with E-state index in [-0.39, 0.29) is 17.4 Å². The number of pyridine rings is 1. The Morgan fingerprint density at radius 3 is 2.55 bits per heavy atom. The summed E-state index contributed by atoms with van der Waals surface area (Å²) < 4.78 is 12.8. The Kier molecular flexibility index (Phi) is 4.30. The Balaban J connectivity index is 1.95. The van der Waals surface area contributed by atoms with Gasteiger partial charge in [0, 0.05) is 12.2 Å². The molecule has 0 amide bonds. The van der Waals surface area contributed by atoms with E-state index >= 15 is 0 Å². The van der Waals surface area contributed by atoms with Gasteiger partial charge in [-0.3, -0.25) is 0 Å². The first-order valence-corrected chi connectivity index (χ1v) is 6.25. The van der Waals surface area contributed by atoms with Crippen LogP contribution in [0.2, 0.25) is 0 Å². The molecule has 2 aromatic rings. The van der Waals surface area contributed by atoms with Crippen molar-refractivity contribution in [3.63, 3.8) is 0 Å². The highest BCUT2D eigenvalue weighted by molar-refractivity contribution is 5.87. The maximum atomic E-state index is 12.8. The molecule has 2 N–H and O–H groups in total. The Morgan fingerprint density at radius 1 is 1.30 bits per heavy atom. The van der Waals surface area contributed by atoms with Crippen molar-refractivity contribution in [2.24, 2.45) is 0 Å². The molecule has 1 heterocycles. The molecule has 0 bridgehead atoms. The molecule has 0 aliphatic rings. The SMILES string of the molecule is CC(Cc1ccc(F)cc1)Nc1ccc(C(=O)O)cn1. The van der Waals surface area contributed by atoms with Crippen LogP contribution in [-0.2, 0) is 6.42 Å². The third kappa shape index (κ3) is 3.78. The smallest absolute Gasteiger partial charge is 0.337 e. The fourth-order valence-corrected chi connectivity index (χ4v) is 1.88. The molecule has 4 nitrogen and oxygen atoms in total. The minimum absolute atomic E-state index is 0.101. The number of nitrogens with one attached hydrogen (secondary N) is 1. The van der Waals surface area contributed by atoms with Crippen LogP contribution in [0.3, 0.4) is 0 Å². The first kappa shape index (κ1) is 14.0. The van der Waals surface area contributed by atoms with Crippen molar-refractivity contribution in [1.82, 2.24) is 4.98 Å². The fraction of sp³-hybridized carbons (Fsp3) is 0.200. The van der Waals surface area contributed by atoms with E-state index in [1.807, 2.05) is 6.92 Å². The van der Waals surface area contributed by atoms with Crippen LogP contribution >= 0.6 is 0 Å². The number of halogens is 1. The van der Waals surface area contributed by atoms with Crippen molar-refractivity contribution in [3.8, 4) is 0 Å². The molecule has 1 aromatic carbocycles. The van der Waals surface area contributed by atoms with Gasteiger partial charge in [0.2, 0.25) is 0 Å². The van der Waals surface area contributed by atoms with Gasteiger partial charge in [0.15, 0.2) is 0 Å². The van der Waals surface area contributed by atoms with Crippen molar-refractivity contribution in [1.29, 1.82) is 0 Å². The van der Waals surface area contributed by atoms with Crippen LogP contribution in [-0.4, -0.2) is 22.1 Å². The maximum absolute atomic E-state index is 12.8. The lowest BCUT2D eigenvalue weighted by atomic mass is 10.1. The van der Waals surface area contributed by atoms with Crippen LogP contribution in [0.4, 0.5) is 10.2 Å². The van der Waals surface area contributed by atoms with Gasteiger partial charge in [-0.1, -0.05) is 12.1 Å². The molecule has 104 valence electrons. The van der Waals surface area contributed by atoms with Crippen LogP contribution in [0, 0.1) is 5.82 Å². The van der Waals surface area contributed by atoms with Crippen LogP contribution in [0.25, 0.3) is 0 Å². The molecule has 2 rings (SSSR count). The van der Waals surface area contributed by atoms with Crippen LogP contribution < -0.4 is 5.32 Å². The second-order valence-electron chi connectivity index (χ2n) is 4.61. The van der Waals surface area contributed by atoms with Gasteiger partial charge in [0.1, 0.15) is 11.6 Å². The summed E-state index contributed by atoms with van der Waals surface area (Å²) in [7, 11) is 0. The van der Waals surface area contributed by atoms with E-state index in [0.717, 1.165) is 12.0 Å². The van der Waals surface area contributed by atoms with Crippen molar-refractivity contribution in [2.45, 2.75) is 19.4 Å². The average molecular weight is 274 g/mol. The topological polar surface area (TPSA) is 62.2 Å². The predicted molar refractivity (Wildman–Crippen MR) is 74.4 cm³/mol. The molecular weight excluding hydrogens is 259 g/mol. The molecule has 20 heavy (non-hydrogen) atoms. The van der Waals surface area contributed by atoms with Crippen molar-refractivity contribution in [3.05, 3.63) is 59.5 Å². The zero-order valence-electron chi connectivity index (χ0n) is 11.0. The van der Waals surface area contributed by atoms with Crippen LogP contribution in [0.5, 0.6) is 0 Å². The van der Waals surface area contributed by atoms with Gasteiger partial charge < -0.3 is 10.4 Å². The number of carbonyl (C=O) groups is 1. The average Bonchev–Trinajstić information content (AvgIpc) is 2.42. The zero-order valence-corrected chi connectivity index (χ0v) is 11.0. The number of aromatic carboxylic acids is 1. The molecular formula is C15H15FN2O2. The highest BCUT2D eigenvalue weighted by Gasteiger charge is 2.06. The number of hydrogen-bond donors (Lipinski definition) is 2. The monoisotopic (exact) mass is 274 g/mol. The summed E-state index contributed by atoms with van der Waals surface area (Å²) in [6, 6.07) is 9.59. The van der Waals surface area contributed by atoms with E-state index in [1.54, 1.807) is 18.2 Å². The van der Waals surface area contributed by atoms with E-state index in [2.05, 4.69) is 10.3 Å². The molecule has 1 aromatic heterocycles. The summed E-state index contributed by atoms with van der Waals surface area (Å²) in [6.45, 7) is 1.98. The van der Waals surface area contributed by atoms with Crippen LogP contribution in [0.15, 0.2) is 42.6 Å². The molecule has 0 radical (unpaired) electrons. The van der Waals surface area contributed by atoms with E-state index in [4.69, 9.17) is 5.11 Å². The number of hydrogen-bond acceptors (Lipinski definition) is 3. The number of nitrogens with zero attached hydrogens (tertiary/aromatic N) is 1. The van der Waals surface area contributed by atoms with E-state index < -0.39 is 5.97 Å². The summed E-state index contributed by atoms with van der Waals surface area (Å²) in [5, 5.41) is 12.0. The Hall–Kier alpha value is -2.43. The Labute approximate surface area is 116 Å². The maximum Gasteiger partial charge on any atom is 0.337 e. The van der Waals surface area contributed by atoms with Crippen molar-refractivity contribution in [2.75, 3.05) is 5.32 Å². The molecule has 0 aliphatic carbocycles. The molecule has 0 fully saturated rings. The number of aromatic nitrogens is 1. The molecule has 0 saturated carbocycles. The molecule has 0 aliphatic heterocycles. The quantitative estimate of drug-likeness (QED) is 0.880. The normalized spacial score (nSPS) is 11.9. The second-order valence-corrected chi connectivity index (χ2v) is 4.61. The lowest BCUT2D eigenvalue weighted by molar-refractivity contribution is 0.0696. The van der Waals surface area contributed by atoms with Crippen LogP contribution in [0.1, 0.15) is 22.8 Å². The summed E-state index contributed by atoms with van der Waals surface area (Å²) in [5.41, 5.74) is 1.18. The first-order chi connectivity index (χ1) is 9.54. The lowest BCUT2D eigenvalue weighted by Crippen LogP contribution is -2.19. The van der Waals surface area contributed by atoms with Gasteiger partial charge in [0.25, 0.3) is 0 Å². The van der Waals surface area contributed by atoms with Gasteiger partial charge in [-0.25, -0.2) is 14.2 Å². The number of rotatable bonds is 5. The van der Waals surface area contributed by atoms with Gasteiger partial charge in [-0.2, -0.15) is 0 Å². The lowest BCUT2D eigenvalue weighted by Gasteiger charge is -2.14. The molecule has 0 saturated heterocycles. The Morgan fingerprint density at radius 2 is 2.00 bits per heavy atom. The van der Waals surface area contributed by atoms with Crippen molar-refractivity contribution >= 4 is 11.8 Å². The fourth-order valence-electron chi connectivity index (χ4n) is 1.88. The summed E-state index contributed by atoms with van der Waals surface area (Å²) >= 11 is 0. The van der Waals surface area contributed by atoms with Gasteiger partial charge >= 0.3 is 5.97 Å². The highest BCUT2D eigenvalue weighted by atomic mass is 19.1. The van der Waals surface area contributed by atoms with E-state index in [9.17, 15) is 9.18 Å². The number of benzene rings is 1. The zero-order chi connectivity index (χ0) is 14.5. The number of carboxylic acids is 1. The molecule has 1 atom stereocenters. The third-order valence-corrected chi connectivity index (χ3v) is 2.86. The summed E-state index contributed by atoms with van der Waals surface area (Å²) in [5.74, 6) is -0.631. The third-order valence-electron chi connectivity index (χ3n) is 2.86. The minimum Gasteiger partial charge on any atom is -0.478 e. The highest BCUT2D eigenvalue weighted by Crippen LogP contribution is 2.10. The predicted octanol–water partition coefficient (Wildman–Crippen LogP) is 2.96. The largest absolute Gasteiger partial charge is 0.478 e. The second kappa shape index (κ2) is 6.14.